The van der Waals surface area contributed by atoms with Gasteiger partial charge in [0.15, 0.2) is 0 Å². The second-order valence-corrected chi connectivity index (χ2v) is 4.66. The maximum Gasteiger partial charge on any atom is 0.218 e. The second kappa shape index (κ2) is 6.86. The molecule has 0 bridgehead atoms. The zero-order valence-corrected chi connectivity index (χ0v) is 10.5. The molecule has 1 heterocycles. The summed E-state index contributed by atoms with van der Waals surface area (Å²) < 4.78 is 0. The van der Waals surface area contributed by atoms with Crippen LogP contribution < -0.4 is 11.1 Å². The number of carbonyl (C=O) groups is 1. The number of primary amides is 1. The first-order valence-corrected chi connectivity index (χ1v) is 6.41. The Morgan fingerprint density at radius 3 is 2.94 bits per heavy atom. The first-order valence-electron chi connectivity index (χ1n) is 6.41. The maximum atomic E-state index is 10.8. The third kappa shape index (κ3) is 4.10. The molecule has 1 saturated heterocycles. The second-order valence-electron chi connectivity index (χ2n) is 4.66. The predicted octanol–water partition coefficient (Wildman–Crippen LogP) is 0.714. The van der Waals surface area contributed by atoms with Crippen molar-refractivity contribution in [2.45, 2.75) is 51.6 Å². The van der Waals surface area contributed by atoms with Gasteiger partial charge < -0.3 is 11.1 Å². The quantitative estimate of drug-likeness (QED) is 0.703. The van der Waals surface area contributed by atoms with Crippen LogP contribution in [-0.2, 0) is 4.79 Å². The molecule has 0 aromatic heterocycles. The third-order valence-electron chi connectivity index (χ3n) is 3.41. The summed E-state index contributed by atoms with van der Waals surface area (Å²) in [5.41, 5.74) is 5.21. The van der Waals surface area contributed by atoms with Gasteiger partial charge >= 0.3 is 0 Å². The summed E-state index contributed by atoms with van der Waals surface area (Å²) in [5, 5.41) is 3.47. The van der Waals surface area contributed by atoms with Crippen LogP contribution in [0.2, 0.25) is 0 Å². The SMILES string of the molecule is CCNC(C)C1CCCCN1CCC(N)=O. The molecule has 2 atom stereocenters. The van der Waals surface area contributed by atoms with Gasteiger partial charge in [-0.2, -0.15) is 0 Å². The topological polar surface area (TPSA) is 58.4 Å². The normalized spacial score (nSPS) is 24.2. The standard InChI is InChI=1S/C12H25N3O/c1-3-14-10(2)11-6-4-5-8-15(11)9-7-12(13)16/h10-11,14H,3-9H2,1-2H3,(H2,13,16). The Kier molecular flexibility index (Phi) is 5.77. The molecule has 1 amide bonds. The number of amides is 1. The van der Waals surface area contributed by atoms with E-state index in [2.05, 4.69) is 24.1 Å². The number of nitrogens with zero attached hydrogens (tertiary/aromatic N) is 1. The van der Waals surface area contributed by atoms with E-state index in [0.717, 1.165) is 19.6 Å². The largest absolute Gasteiger partial charge is 0.370 e. The van der Waals surface area contributed by atoms with Gasteiger partial charge in [0.25, 0.3) is 0 Å². The van der Waals surface area contributed by atoms with E-state index in [1.807, 2.05) is 0 Å². The molecule has 94 valence electrons. The zero-order valence-electron chi connectivity index (χ0n) is 10.5. The summed E-state index contributed by atoms with van der Waals surface area (Å²) in [4.78, 5) is 13.2. The summed E-state index contributed by atoms with van der Waals surface area (Å²) >= 11 is 0. The molecule has 16 heavy (non-hydrogen) atoms. The van der Waals surface area contributed by atoms with Crippen LogP contribution in [0, 0.1) is 0 Å². The number of likely N-dealkylation sites (N-methyl/N-ethyl adjacent to an activating group) is 1. The fourth-order valence-electron chi connectivity index (χ4n) is 2.57. The van der Waals surface area contributed by atoms with Crippen molar-refractivity contribution in [1.82, 2.24) is 10.2 Å². The molecule has 0 saturated carbocycles. The van der Waals surface area contributed by atoms with Crippen LogP contribution in [0.4, 0.5) is 0 Å². The minimum Gasteiger partial charge on any atom is -0.370 e. The Labute approximate surface area is 98.6 Å². The summed E-state index contributed by atoms with van der Waals surface area (Å²) in [5.74, 6) is -0.194. The molecule has 2 unspecified atom stereocenters. The highest BCUT2D eigenvalue weighted by Crippen LogP contribution is 2.19. The lowest BCUT2D eigenvalue weighted by molar-refractivity contribution is -0.118. The number of hydrogen-bond donors (Lipinski definition) is 2. The molecular weight excluding hydrogens is 202 g/mol. The molecule has 1 aliphatic rings. The highest BCUT2D eigenvalue weighted by molar-refractivity contribution is 5.73. The number of piperidine rings is 1. The van der Waals surface area contributed by atoms with Crippen LogP contribution in [0.1, 0.15) is 39.5 Å². The van der Waals surface area contributed by atoms with Crippen molar-refractivity contribution in [2.75, 3.05) is 19.6 Å². The highest BCUT2D eigenvalue weighted by Gasteiger charge is 2.26. The van der Waals surface area contributed by atoms with E-state index in [1.165, 1.54) is 19.3 Å². The van der Waals surface area contributed by atoms with Gasteiger partial charge in [0, 0.05) is 25.0 Å². The zero-order chi connectivity index (χ0) is 12.0. The maximum absolute atomic E-state index is 10.8. The number of hydrogen-bond acceptors (Lipinski definition) is 3. The van der Waals surface area contributed by atoms with Gasteiger partial charge in [-0.15, -0.1) is 0 Å². The smallest absolute Gasteiger partial charge is 0.218 e. The lowest BCUT2D eigenvalue weighted by atomic mass is 9.96. The van der Waals surface area contributed by atoms with Crippen molar-refractivity contribution < 1.29 is 4.79 Å². The Morgan fingerprint density at radius 2 is 2.31 bits per heavy atom. The summed E-state index contributed by atoms with van der Waals surface area (Å²) in [7, 11) is 0. The van der Waals surface area contributed by atoms with Crippen molar-refractivity contribution in [3.8, 4) is 0 Å². The number of rotatable bonds is 6. The van der Waals surface area contributed by atoms with E-state index >= 15 is 0 Å². The molecule has 3 N–H and O–H groups in total. The average Bonchev–Trinajstić information content (AvgIpc) is 2.27. The van der Waals surface area contributed by atoms with Crippen LogP contribution in [0.3, 0.4) is 0 Å². The van der Waals surface area contributed by atoms with Crippen molar-refractivity contribution in [3.05, 3.63) is 0 Å². The number of likely N-dealkylation sites (tertiary alicyclic amines) is 1. The third-order valence-corrected chi connectivity index (χ3v) is 3.41. The van der Waals surface area contributed by atoms with Gasteiger partial charge in [0.1, 0.15) is 0 Å². The molecular formula is C12H25N3O. The van der Waals surface area contributed by atoms with Gasteiger partial charge in [-0.05, 0) is 32.9 Å². The molecule has 0 radical (unpaired) electrons. The first-order chi connectivity index (χ1) is 7.65. The molecule has 4 heteroatoms. The summed E-state index contributed by atoms with van der Waals surface area (Å²) in [6.45, 7) is 7.29. The van der Waals surface area contributed by atoms with Crippen LogP contribution in [0.5, 0.6) is 0 Å². The molecule has 1 fully saturated rings. The van der Waals surface area contributed by atoms with E-state index in [0.29, 0.717) is 18.5 Å². The molecule has 0 aromatic rings. The monoisotopic (exact) mass is 227 g/mol. The van der Waals surface area contributed by atoms with Crippen LogP contribution >= 0.6 is 0 Å². The molecule has 0 spiro atoms. The Bertz CT molecular complexity index is 220. The lowest BCUT2D eigenvalue weighted by Gasteiger charge is -2.39. The molecule has 0 aromatic carbocycles. The predicted molar refractivity (Wildman–Crippen MR) is 66.2 cm³/mol. The Morgan fingerprint density at radius 1 is 1.56 bits per heavy atom. The number of nitrogens with two attached hydrogens (primary N) is 1. The first kappa shape index (κ1) is 13.5. The Hall–Kier alpha value is -0.610. The lowest BCUT2D eigenvalue weighted by Crippen LogP contribution is -2.51. The fourth-order valence-corrected chi connectivity index (χ4v) is 2.57. The van der Waals surface area contributed by atoms with Crippen LogP contribution in [-0.4, -0.2) is 42.5 Å². The summed E-state index contributed by atoms with van der Waals surface area (Å²) in [6.07, 6.45) is 4.25. The van der Waals surface area contributed by atoms with Crippen LogP contribution in [0.25, 0.3) is 0 Å². The van der Waals surface area contributed by atoms with Gasteiger partial charge in [-0.3, -0.25) is 9.69 Å². The molecule has 1 rings (SSSR count). The highest BCUT2D eigenvalue weighted by atomic mass is 16.1. The minimum absolute atomic E-state index is 0.194. The van der Waals surface area contributed by atoms with E-state index in [4.69, 9.17) is 5.73 Å². The van der Waals surface area contributed by atoms with Gasteiger partial charge in [0.05, 0.1) is 0 Å². The van der Waals surface area contributed by atoms with Gasteiger partial charge in [-0.1, -0.05) is 13.3 Å². The van der Waals surface area contributed by atoms with Gasteiger partial charge in [-0.25, -0.2) is 0 Å². The average molecular weight is 227 g/mol. The van der Waals surface area contributed by atoms with E-state index in [9.17, 15) is 4.79 Å². The minimum atomic E-state index is -0.194. The molecule has 1 aliphatic heterocycles. The summed E-state index contributed by atoms with van der Waals surface area (Å²) in [6, 6.07) is 1.06. The Balaban J connectivity index is 2.46. The van der Waals surface area contributed by atoms with E-state index in [-0.39, 0.29) is 5.91 Å². The van der Waals surface area contributed by atoms with Crippen molar-refractivity contribution >= 4 is 5.91 Å². The van der Waals surface area contributed by atoms with E-state index in [1.54, 1.807) is 0 Å². The number of nitrogens with one attached hydrogen (secondary N) is 1. The molecule has 0 aliphatic carbocycles. The number of carbonyl (C=O) groups excluding carboxylic acids is 1. The van der Waals surface area contributed by atoms with Crippen molar-refractivity contribution in [3.63, 3.8) is 0 Å². The van der Waals surface area contributed by atoms with Crippen molar-refractivity contribution in [2.24, 2.45) is 5.73 Å². The van der Waals surface area contributed by atoms with Crippen LogP contribution in [0.15, 0.2) is 0 Å². The van der Waals surface area contributed by atoms with Crippen molar-refractivity contribution in [1.29, 1.82) is 0 Å². The fraction of sp³-hybridized carbons (Fsp3) is 0.917. The molecule has 4 nitrogen and oxygen atoms in total. The van der Waals surface area contributed by atoms with Gasteiger partial charge in [0.2, 0.25) is 5.91 Å². The van der Waals surface area contributed by atoms with E-state index < -0.39 is 0 Å².